The summed E-state index contributed by atoms with van der Waals surface area (Å²) in [5.74, 6) is 0.231. The minimum absolute atomic E-state index is 0.137. The summed E-state index contributed by atoms with van der Waals surface area (Å²) in [5.41, 5.74) is 1.97. The summed E-state index contributed by atoms with van der Waals surface area (Å²) in [6.45, 7) is 1.72. The third-order valence-electron chi connectivity index (χ3n) is 2.78. The van der Waals surface area contributed by atoms with Crippen molar-refractivity contribution >= 4 is 23.2 Å². The number of aryl methyl sites for hydroxylation is 1. The third-order valence-corrected chi connectivity index (χ3v) is 3.02. The van der Waals surface area contributed by atoms with Crippen LogP contribution in [0.15, 0.2) is 42.5 Å². The second kappa shape index (κ2) is 6.78. The highest BCUT2D eigenvalue weighted by molar-refractivity contribution is 6.30. The molecule has 0 aliphatic carbocycles. The van der Waals surface area contributed by atoms with Gasteiger partial charge in [0.15, 0.2) is 6.61 Å². The lowest BCUT2D eigenvalue weighted by Crippen LogP contribution is -2.20. The predicted molar refractivity (Wildman–Crippen MR) is 81.5 cm³/mol. The maximum absolute atomic E-state index is 11.8. The molecule has 21 heavy (non-hydrogen) atoms. The average molecular weight is 301 g/mol. The van der Waals surface area contributed by atoms with Crippen LogP contribution in [0.3, 0.4) is 0 Å². The Balaban J connectivity index is 1.97. The molecule has 1 amide bonds. The monoisotopic (exact) mass is 300 g/mol. The van der Waals surface area contributed by atoms with Gasteiger partial charge in [-0.1, -0.05) is 23.7 Å². The van der Waals surface area contributed by atoms with Crippen LogP contribution in [-0.2, 0) is 4.79 Å². The number of carbonyl (C=O) groups is 1. The second-order valence-electron chi connectivity index (χ2n) is 4.44. The van der Waals surface area contributed by atoms with Gasteiger partial charge in [-0.05, 0) is 42.8 Å². The molecule has 0 aliphatic heterocycles. The van der Waals surface area contributed by atoms with Crippen LogP contribution < -0.4 is 10.1 Å². The van der Waals surface area contributed by atoms with Crippen LogP contribution in [0.1, 0.15) is 11.1 Å². The van der Waals surface area contributed by atoms with E-state index in [1.165, 1.54) is 0 Å². The van der Waals surface area contributed by atoms with E-state index in [-0.39, 0.29) is 12.5 Å². The van der Waals surface area contributed by atoms with Gasteiger partial charge in [0.2, 0.25) is 0 Å². The lowest BCUT2D eigenvalue weighted by Gasteiger charge is -2.10. The molecule has 2 rings (SSSR count). The number of ether oxygens (including phenoxy) is 1. The largest absolute Gasteiger partial charge is 0.483 e. The molecule has 5 heteroatoms. The van der Waals surface area contributed by atoms with Gasteiger partial charge in [0.1, 0.15) is 5.75 Å². The zero-order valence-electron chi connectivity index (χ0n) is 11.4. The van der Waals surface area contributed by atoms with E-state index in [1.807, 2.05) is 13.0 Å². The summed E-state index contributed by atoms with van der Waals surface area (Å²) in [6.07, 6.45) is 0. The van der Waals surface area contributed by atoms with E-state index in [2.05, 4.69) is 5.32 Å². The predicted octanol–water partition coefficient (Wildman–Crippen LogP) is 3.54. The average Bonchev–Trinajstić information content (AvgIpc) is 2.46. The molecule has 106 valence electrons. The molecule has 0 unspecified atom stereocenters. The SMILES string of the molecule is Cc1ccc(C#N)cc1OCC(=O)Nc1cccc(Cl)c1. The molecule has 0 saturated carbocycles. The normalized spacial score (nSPS) is 9.76. The van der Waals surface area contributed by atoms with Crippen molar-refractivity contribution < 1.29 is 9.53 Å². The van der Waals surface area contributed by atoms with Gasteiger partial charge >= 0.3 is 0 Å². The van der Waals surface area contributed by atoms with Gasteiger partial charge in [0, 0.05) is 10.7 Å². The Hall–Kier alpha value is -2.51. The molecular formula is C16H13ClN2O2. The number of nitrogens with zero attached hydrogens (tertiary/aromatic N) is 1. The zero-order chi connectivity index (χ0) is 15.2. The van der Waals surface area contributed by atoms with E-state index < -0.39 is 0 Å². The van der Waals surface area contributed by atoms with Gasteiger partial charge in [-0.2, -0.15) is 5.26 Å². The first-order valence-corrected chi connectivity index (χ1v) is 6.65. The van der Waals surface area contributed by atoms with Crippen LogP contribution in [0.25, 0.3) is 0 Å². The lowest BCUT2D eigenvalue weighted by molar-refractivity contribution is -0.118. The van der Waals surface area contributed by atoms with Gasteiger partial charge in [-0.25, -0.2) is 0 Å². The summed E-state index contributed by atoms with van der Waals surface area (Å²) in [5, 5.41) is 12.1. The standard InChI is InChI=1S/C16H13ClN2O2/c1-11-5-6-12(9-18)7-15(11)21-10-16(20)19-14-4-2-3-13(17)8-14/h2-8H,10H2,1H3,(H,19,20). The van der Waals surface area contributed by atoms with Gasteiger partial charge in [0.25, 0.3) is 5.91 Å². The van der Waals surface area contributed by atoms with Crippen molar-refractivity contribution in [2.24, 2.45) is 0 Å². The van der Waals surface area contributed by atoms with Crippen molar-refractivity contribution in [3.8, 4) is 11.8 Å². The van der Waals surface area contributed by atoms with Crippen molar-refractivity contribution in [1.29, 1.82) is 5.26 Å². The Bertz CT molecular complexity index is 708. The highest BCUT2D eigenvalue weighted by Crippen LogP contribution is 2.19. The number of anilines is 1. The Labute approximate surface area is 127 Å². The van der Waals surface area contributed by atoms with Crippen LogP contribution >= 0.6 is 11.6 Å². The summed E-state index contributed by atoms with van der Waals surface area (Å²) >= 11 is 5.84. The van der Waals surface area contributed by atoms with Crippen LogP contribution in [0.2, 0.25) is 5.02 Å². The van der Waals surface area contributed by atoms with E-state index in [9.17, 15) is 4.79 Å². The highest BCUT2D eigenvalue weighted by Gasteiger charge is 2.06. The van der Waals surface area contributed by atoms with Crippen LogP contribution in [0, 0.1) is 18.3 Å². The van der Waals surface area contributed by atoms with E-state index in [0.717, 1.165) is 5.56 Å². The van der Waals surface area contributed by atoms with Crippen molar-refractivity contribution in [2.75, 3.05) is 11.9 Å². The number of halogens is 1. The fraction of sp³-hybridized carbons (Fsp3) is 0.125. The lowest BCUT2D eigenvalue weighted by atomic mass is 10.1. The fourth-order valence-electron chi connectivity index (χ4n) is 1.73. The van der Waals surface area contributed by atoms with Gasteiger partial charge in [0.05, 0.1) is 11.6 Å². The highest BCUT2D eigenvalue weighted by atomic mass is 35.5. The number of amides is 1. The van der Waals surface area contributed by atoms with Crippen LogP contribution in [-0.4, -0.2) is 12.5 Å². The number of nitriles is 1. The fourth-order valence-corrected chi connectivity index (χ4v) is 1.92. The molecule has 1 N–H and O–H groups in total. The number of hydrogen-bond acceptors (Lipinski definition) is 3. The number of hydrogen-bond donors (Lipinski definition) is 1. The Kier molecular flexibility index (Phi) is 4.81. The molecule has 0 atom stereocenters. The molecule has 0 spiro atoms. The Morgan fingerprint density at radius 2 is 2.14 bits per heavy atom. The van der Waals surface area contributed by atoms with Gasteiger partial charge in [-0.3, -0.25) is 4.79 Å². The molecule has 2 aromatic rings. The summed E-state index contributed by atoms with van der Waals surface area (Å²) in [4.78, 5) is 11.8. The maximum Gasteiger partial charge on any atom is 0.262 e. The zero-order valence-corrected chi connectivity index (χ0v) is 12.1. The third kappa shape index (κ3) is 4.23. The second-order valence-corrected chi connectivity index (χ2v) is 4.88. The molecule has 0 bridgehead atoms. The molecule has 0 fully saturated rings. The molecule has 2 aromatic carbocycles. The van der Waals surface area contributed by atoms with Crippen LogP contribution in [0.4, 0.5) is 5.69 Å². The van der Waals surface area contributed by atoms with Crippen molar-refractivity contribution in [3.05, 3.63) is 58.6 Å². The first kappa shape index (κ1) is 14.9. The van der Waals surface area contributed by atoms with E-state index in [1.54, 1.807) is 42.5 Å². The first-order chi connectivity index (χ1) is 10.1. The topological polar surface area (TPSA) is 62.1 Å². The Morgan fingerprint density at radius 1 is 1.33 bits per heavy atom. The molecule has 0 radical (unpaired) electrons. The maximum atomic E-state index is 11.8. The smallest absolute Gasteiger partial charge is 0.262 e. The molecule has 0 saturated heterocycles. The summed E-state index contributed by atoms with van der Waals surface area (Å²) in [7, 11) is 0. The first-order valence-electron chi connectivity index (χ1n) is 6.27. The summed E-state index contributed by atoms with van der Waals surface area (Å²) < 4.78 is 5.45. The van der Waals surface area contributed by atoms with E-state index >= 15 is 0 Å². The molecular weight excluding hydrogens is 288 g/mol. The van der Waals surface area contributed by atoms with Crippen LogP contribution in [0.5, 0.6) is 5.75 Å². The van der Waals surface area contributed by atoms with E-state index in [0.29, 0.717) is 22.0 Å². The number of benzene rings is 2. The minimum Gasteiger partial charge on any atom is -0.483 e. The molecule has 0 aliphatic rings. The van der Waals surface area contributed by atoms with Crippen molar-refractivity contribution in [1.82, 2.24) is 0 Å². The summed E-state index contributed by atoms with van der Waals surface area (Å²) in [6, 6.07) is 14.0. The molecule has 4 nitrogen and oxygen atoms in total. The van der Waals surface area contributed by atoms with E-state index in [4.69, 9.17) is 21.6 Å². The number of nitrogens with one attached hydrogen (secondary N) is 1. The van der Waals surface area contributed by atoms with Crippen molar-refractivity contribution in [2.45, 2.75) is 6.92 Å². The number of carbonyl (C=O) groups excluding carboxylic acids is 1. The number of rotatable bonds is 4. The van der Waals surface area contributed by atoms with Gasteiger partial charge < -0.3 is 10.1 Å². The molecule has 0 aromatic heterocycles. The quantitative estimate of drug-likeness (QED) is 0.939. The van der Waals surface area contributed by atoms with Crippen molar-refractivity contribution in [3.63, 3.8) is 0 Å². The Morgan fingerprint density at radius 3 is 2.86 bits per heavy atom. The minimum atomic E-state index is -0.293. The van der Waals surface area contributed by atoms with Gasteiger partial charge in [-0.15, -0.1) is 0 Å². The molecule has 0 heterocycles.